The lowest BCUT2D eigenvalue weighted by Crippen LogP contribution is -2.19. The molecule has 0 saturated carbocycles. The molecule has 0 radical (unpaired) electrons. The Morgan fingerprint density at radius 3 is 2.33 bits per heavy atom. The minimum atomic E-state index is -0.469. The molecule has 1 aliphatic rings. The van der Waals surface area contributed by atoms with Gasteiger partial charge in [0, 0.05) is 12.1 Å². The van der Waals surface area contributed by atoms with E-state index in [9.17, 15) is 14.9 Å². The van der Waals surface area contributed by atoms with Gasteiger partial charge in [0.2, 0.25) is 0 Å². The van der Waals surface area contributed by atoms with E-state index >= 15 is 0 Å². The van der Waals surface area contributed by atoms with Gasteiger partial charge in [0.05, 0.1) is 32.2 Å². The maximum Gasteiger partial charge on any atom is 0.269 e. The summed E-state index contributed by atoms with van der Waals surface area (Å²) in [6, 6.07) is 16.5. The topological polar surface area (TPSA) is 103 Å². The fraction of sp³-hybridized carbons (Fsp3) is 0.120. The molecular formula is C25H19Cl2N3O5S. The second kappa shape index (κ2) is 11.5. The van der Waals surface area contributed by atoms with Crippen LogP contribution in [0.1, 0.15) is 18.1 Å². The van der Waals surface area contributed by atoms with Crippen molar-refractivity contribution in [3.8, 4) is 11.5 Å². The molecular weight excluding hydrogens is 525 g/mol. The molecule has 1 aliphatic heterocycles. The maximum atomic E-state index is 12.4. The predicted molar refractivity (Wildman–Crippen MR) is 142 cm³/mol. The normalized spacial score (nSPS) is 15.2. The van der Waals surface area contributed by atoms with Crippen LogP contribution in [0.15, 0.2) is 70.6 Å². The van der Waals surface area contributed by atoms with Crippen LogP contribution in [0.5, 0.6) is 11.5 Å². The first-order valence-corrected chi connectivity index (χ1v) is 12.3. The number of ether oxygens (including phenoxy) is 2. The fourth-order valence-electron chi connectivity index (χ4n) is 3.20. The summed E-state index contributed by atoms with van der Waals surface area (Å²) in [4.78, 5) is 27.7. The first kappa shape index (κ1) is 25.6. The first-order valence-electron chi connectivity index (χ1n) is 10.7. The van der Waals surface area contributed by atoms with E-state index < -0.39 is 4.92 Å². The number of nitro benzene ring substituents is 1. The quantitative estimate of drug-likeness (QED) is 0.191. The molecule has 3 aromatic rings. The standard InChI is InChI=1S/C25H19Cl2N3O5S/c1-2-34-19-9-5-17(6-10-19)28-25-29-24(31)22(36-25)13-16-11-20(26)23(21(27)12-16)35-14-15-3-7-18(8-4-15)30(32)33/h3-13H,2,14H2,1H3,(H,28,29,31)/b22-13+. The number of carbonyl (C=O) groups excluding carboxylic acids is 1. The highest BCUT2D eigenvalue weighted by Crippen LogP contribution is 2.37. The van der Waals surface area contributed by atoms with Crippen molar-refractivity contribution in [2.24, 2.45) is 4.99 Å². The maximum absolute atomic E-state index is 12.4. The van der Waals surface area contributed by atoms with Crippen molar-refractivity contribution in [3.05, 3.63) is 96.9 Å². The lowest BCUT2D eigenvalue weighted by atomic mass is 10.2. The molecule has 8 nitrogen and oxygen atoms in total. The molecule has 11 heteroatoms. The van der Waals surface area contributed by atoms with E-state index in [2.05, 4.69) is 10.3 Å². The van der Waals surface area contributed by atoms with Gasteiger partial charge in [-0.3, -0.25) is 14.9 Å². The third-order valence-corrected chi connectivity index (χ3v) is 6.35. The van der Waals surface area contributed by atoms with Gasteiger partial charge in [0.1, 0.15) is 12.4 Å². The van der Waals surface area contributed by atoms with Gasteiger partial charge in [-0.1, -0.05) is 23.2 Å². The molecule has 1 fully saturated rings. The predicted octanol–water partition coefficient (Wildman–Crippen LogP) is 6.77. The minimum absolute atomic E-state index is 0.00583. The van der Waals surface area contributed by atoms with Gasteiger partial charge >= 0.3 is 0 Å². The van der Waals surface area contributed by atoms with Crippen LogP contribution in [0.2, 0.25) is 10.0 Å². The molecule has 1 N–H and O–H groups in total. The number of halogens is 2. The van der Waals surface area contributed by atoms with Crippen LogP contribution >= 0.6 is 35.0 Å². The lowest BCUT2D eigenvalue weighted by molar-refractivity contribution is -0.384. The highest BCUT2D eigenvalue weighted by Gasteiger charge is 2.24. The zero-order valence-corrected chi connectivity index (χ0v) is 21.2. The second-order valence-corrected chi connectivity index (χ2v) is 9.28. The number of thioether (sulfide) groups is 1. The van der Waals surface area contributed by atoms with E-state index in [-0.39, 0.29) is 34.0 Å². The van der Waals surface area contributed by atoms with Gasteiger partial charge in [0.15, 0.2) is 10.9 Å². The summed E-state index contributed by atoms with van der Waals surface area (Å²) in [6.07, 6.45) is 1.67. The van der Waals surface area contributed by atoms with Crippen molar-refractivity contribution in [2.45, 2.75) is 13.5 Å². The van der Waals surface area contributed by atoms with Gasteiger partial charge in [-0.2, -0.15) is 0 Å². The highest BCUT2D eigenvalue weighted by molar-refractivity contribution is 8.18. The summed E-state index contributed by atoms with van der Waals surface area (Å²) in [6.45, 7) is 2.62. The van der Waals surface area contributed by atoms with Crippen LogP contribution in [0.3, 0.4) is 0 Å². The van der Waals surface area contributed by atoms with Crippen molar-refractivity contribution in [3.63, 3.8) is 0 Å². The molecule has 0 spiro atoms. The third-order valence-electron chi connectivity index (χ3n) is 4.88. The summed E-state index contributed by atoms with van der Waals surface area (Å²) in [7, 11) is 0. The molecule has 1 saturated heterocycles. The molecule has 1 heterocycles. The number of nitro groups is 1. The van der Waals surface area contributed by atoms with Crippen LogP contribution in [-0.2, 0) is 11.4 Å². The Bertz CT molecular complexity index is 1340. The van der Waals surface area contributed by atoms with Crippen molar-refractivity contribution < 1.29 is 19.2 Å². The molecule has 3 aromatic carbocycles. The number of hydrogen-bond acceptors (Lipinski definition) is 7. The van der Waals surface area contributed by atoms with Crippen molar-refractivity contribution in [1.82, 2.24) is 5.32 Å². The first-order chi connectivity index (χ1) is 17.3. The van der Waals surface area contributed by atoms with Crippen LogP contribution in [0.25, 0.3) is 6.08 Å². The Hall–Kier alpha value is -3.53. The molecule has 1 amide bonds. The number of amidine groups is 1. The summed E-state index contributed by atoms with van der Waals surface area (Å²) in [5.74, 6) is 0.745. The largest absolute Gasteiger partial charge is 0.494 e. The van der Waals surface area contributed by atoms with Gasteiger partial charge in [-0.15, -0.1) is 0 Å². The smallest absolute Gasteiger partial charge is 0.269 e. The van der Waals surface area contributed by atoms with E-state index in [1.165, 1.54) is 23.9 Å². The number of amides is 1. The lowest BCUT2D eigenvalue weighted by Gasteiger charge is -2.11. The van der Waals surface area contributed by atoms with Crippen LogP contribution < -0.4 is 14.8 Å². The second-order valence-electron chi connectivity index (χ2n) is 7.43. The molecule has 0 bridgehead atoms. The monoisotopic (exact) mass is 543 g/mol. The zero-order valence-electron chi connectivity index (χ0n) is 18.9. The summed E-state index contributed by atoms with van der Waals surface area (Å²) in [5, 5.41) is 14.5. The van der Waals surface area contributed by atoms with Gasteiger partial charge in [-0.05, 0) is 84.4 Å². The van der Waals surface area contributed by atoms with Gasteiger partial charge in [-0.25, -0.2) is 4.99 Å². The minimum Gasteiger partial charge on any atom is -0.494 e. The number of nitrogens with zero attached hydrogens (tertiary/aromatic N) is 2. The van der Waals surface area contributed by atoms with Crippen molar-refractivity contribution >= 4 is 63.5 Å². The zero-order chi connectivity index (χ0) is 25.7. The van der Waals surface area contributed by atoms with Gasteiger partial charge < -0.3 is 14.8 Å². The Kier molecular flexibility index (Phi) is 8.14. The SMILES string of the molecule is CCOc1ccc(N=C2NC(=O)/C(=C\c3cc(Cl)c(OCc4ccc([N+](=O)[O-])cc4)c(Cl)c3)S2)cc1. The highest BCUT2D eigenvalue weighted by atomic mass is 35.5. The number of non-ortho nitro benzene ring substituents is 1. The molecule has 4 rings (SSSR count). The average molecular weight is 544 g/mol. The number of benzene rings is 3. The Balaban J connectivity index is 1.45. The summed E-state index contributed by atoms with van der Waals surface area (Å²) in [5.41, 5.74) is 2.02. The van der Waals surface area contributed by atoms with E-state index in [1.54, 1.807) is 42.5 Å². The fourth-order valence-corrected chi connectivity index (χ4v) is 4.66. The molecule has 0 unspecified atom stereocenters. The number of hydrogen-bond donors (Lipinski definition) is 1. The molecule has 184 valence electrons. The molecule has 0 aliphatic carbocycles. The average Bonchev–Trinajstić information content (AvgIpc) is 3.18. The molecule has 0 atom stereocenters. The van der Waals surface area contributed by atoms with E-state index in [0.29, 0.717) is 27.9 Å². The summed E-state index contributed by atoms with van der Waals surface area (Å²) < 4.78 is 11.2. The number of nitrogens with one attached hydrogen (secondary N) is 1. The third kappa shape index (κ3) is 6.37. The van der Waals surface area contributed by atoms with E-state index in [4.69, 9.17) is 32.7 Å². The van der Waals surface area contributed by atoms with Crippen molar-refractivity contribution in [2.75, 3.05) is 6.61 Å². The van der Waals surface area contributed by atoms with E-state index in [0.717, 1.165) is 11.3 Å². The van der Waals surface area contributed by atoms with Crippen LogP contribution in [-0.4, -0.2) is 22.6 Å². The number of aliphatic imine (C=N–C) groups is 1. The van der Waals surface area contributed by atoms with E-state index in [1.807, 2.05) is 19.1 Å². The Morgan fingerprint density at radius 1 is 1.06 bits per heavy atom. The molecule has 36 heavy (non-hydrogen) atoms. The number of rotatable bonds is 8. The Labute approximate surface area is 221 Å². The number of carbonyl (C=O) groups is 1. The van der Waals surface area contributed by atoms with Crippen LogP contribution in [0.4, 0.5) is 11.4 Å². The van der Waals surface area contributed by atoms with Crippen LogP contribution in [0, 0.1) is 10.1 Å². The van der Waals surface area contributed by atoms with Crippen molar-refractivity contribution in [1.29, 1.82) is 0 Å². The molecule has 0 aromatic heterocycles. The van der Waals surface area contributed by atoms with Gasteiger partial charge in [0.25, 0.3) is 11.6 Å². The summed E-state index contributed by atoms with van der Waals surface area (Å²) >= 11 is 14.0. The Morgan fingerprint density at radius 2 is 1.72 bits per heavy atom.